The lowest BCUT2D eigenvalue weighted by Gasteiger charge is -2.09. The van der Waals surface area contributed by atoms with Crippen LogP contribution in [0.15, 0.2) is 66.2 Å². The number of aromatic nitrogens is 1. The number of nitrogens with two attached hydrogens (primary N) is 1. The molecular weight excluding hydrogens is 478 g/mol. The minimum absolute atomic E-state index is 0.341. The second-order valence-electron chi connectivity index (χ2n) is 7.92. The molecule has 0 fully saturated rings. The molecule has 3 amide bonds. The first-order valence-corrected chi connectivity index (χ1v) is 11.8. The zero-order chi connectivity index (χ0) is 25.7. The molecule has 2 aromatic heterocycles. The third kappa shape index (κ3) is 5.86. The van der Waals surface area contributed by atoms with E-state index in [2.05, 4.69) is 20.9 Å². The first-order valence-electron chi connectivity index (χ1n) is 10.9. The largest absolute Gasteiger partial charge is 0.480 e. The highest BCUT2D eigenvalue weighted by molar-refractivity contribution is 7.18. The summed E-state index contributed by atoms with van der Waals surface area (Å²) in [5, 5.41) is 19.3. The summed E-state index contributed by atoms with van der Waals surface area (Å²) in [6.45, 7) is 1.50. The maximum atomic E-state index is 12.3. The monoisotopic (exact) mass is 501 g/mol. The molecule has 0 saturated heterocycles. The fraction of sp³-hybridized carbons (Fsp3) is 0.0769. The van der Waals surface area contributed by atoms with Crippen LogP contribution in [-0.4, -0.2) is 34.5 Å². The van der Waals surface area contributed by atoms with Gasteiger partial charge >= 0.3 is 12.0 Å². The topological polar surface area (TPSA) is 146 Å². The fourth-order valence-electron chi connectivity index (χ4n) is 3.55. The van der Waals surface area contributed by atoms with Crippen molar-refractivity contribution < 1.29 is 19.5 Å². The number of hydrogen-bond donors (Lipinski definition) is 5. The number of hydrogen-bond acceptors (Lipinski definition) is 6. The number of nitrogen functional groups attached to an aromatic ring is 1. The smallest absolute Gasteiger partial charge is 0.323 e. The Morgan fingerprint density at radius 3 is 2.56 bits per heavy atom. The van der Waals surface area contributed by atoms with E-state index in [1.54, 1.807) is 24.4 Å². The number of nitrogens with zero attached hydrogens (tertiary/aromatic N) is 1. The summed E-state index contributed by atoms with van der Waals surface area (Å²) in [4.78, 5) is 39.0. The van der Waals surface area contributed by atoms with Crippen LogP contribution in [0.5, 0.6) is 0 Å². The number of anilines is 3. The fourth-order valence-corrected chi connectivity index (χ4v) is 4.63. The van der Waals surface area contributed by atoms with Crippen molar-refractivity contribution in [3.8, 4) is 11.1 Å². The number of thiophene rings is 1. The zero-order valence-electron chi connectivity index (χ0n) is 19.2. The highest BCUT2D eigenvalue weighted by Crippen LogP contribution is 2.39. The van der Waals surface area contributed by atoms with E-state index in [0.717, 1.165) is 26.8 Å². The highest BCUT2D eigenvalue weighted by atomic mass is 32.1. The van der Waals surface area contributed by atoms with E-state index < -0.39 is 18.4 Å². The lowest BCUT2D eigenvalue weighted by Crippen LogP contribution is -2.27. The Hall–Kier alpha value is -4.70. The summed E-state index contributed by atoms with van der Waals surface area (Å²) in [6, 6.07) is 14.6. The summed E-state index contributed by atoms with van der Waals surface area (Å²) in [5.74, 6) is -1.29. The van der Waals surface area contributed by atoms with Crippen molar-refractivity contribution >= 4 is 62.6 Å². The summed E-state index contributed by atoms with van der Waals surface area (Å²) in [5.41, 5.74) is 11.0. The number of carboxylic acids is 1. The molecule has 4 rings (SSSR count). The Morgan fingerprint density at radius 2 is 1.83 bits per heavy atom. The Labute approximate surface area is 210 Å². The summed E-state index contributed by atoms with van der Waals surface area (Å²) >= 11 is 1.46. The van der Waals surface area contributed by atoms with Crippen molar-refractivity contribution in [3.05, 3.63) is 77.3 Å². The Balaban J connectivity index is 1.51. The van der Waals surface area contributed by atoms with E-state index in [9.17, 15) is 14.4 Å². The molecule has 4 aromatic rings. The van der Waals surface area contributed by atoms with Gasteiger partial charge in [-0.25, -0.2) is 9.78 Å². The van der Waals surface area contributed by atoms with Crippen molar-refractivity contribution in [2.75, 3.05) is 22.9 Å². The molecule has 0 radical (unpaired) electrons. The molecule has 36 heavy (non-hydrogen) atoms. The highest BCUT2D eigenvalue weighted by Gasteiger charge is 2.14. The molecule has 2 heterocycles. The van der Waals surface area contributed by atoms with Crippen molar-refractivity contribution in [2.45, 2.75) is 6.92 Å². The van der Waals surface area contributed by atoms with Crippen LogP contribution in [0.4, 0.5) is 22.0 Å². The van der Waals surface area contributed by atoms with Gasteiger partial charge in [-0.15, -0.1) is 11.3 Å². The average Bonchev–Trinajstić information content (AvgIpc) is 3.29. The van der Waals surface area contributed by atoms with Crippen molar-refractivity contribution in [3.63, 3.8) is 0 Å². The zero-order valence-corrected chi connectivity index (χ0v) is 20.1. The maximum Gasteiger partial charge on any atom is 0.323 e. The molecule has 0 aliphatic carbocycles. The minimum atomic E-state index is -1.12. The second kappa shape index (κ2) is 10.7. The minimum Gasteiger partial charge on any atom is -0.480 e. The van der Waals surface area contributed by atoms with Gasteiger partial charge in [-0.3, -0.25) is 9.59 Å². The number of amides is 3. The molecule has 0 unspecified atom stereocenters. The number of benzene rings is 2. The van der Waals surface area contributed by atoms with Gasteiger partial charge in [0, 0.05) is 44.9 Å². The number of aryl methyl sites for hydroxylation is 1. The summed E-state index contributed by atoms with van der Waals surface area (Å²) < 4.78 is 0.847. The molecule has 0 atom stereocenters. The van der Waals surface area contributed by atoms with Crippen LogP contribution in [0.2, 0.25) is 0 Å². The number of fused-ring (bicyclic) bond motifs is 1. The Morgan fingerprint density at radius 1 is 1.08 bits per heavy atom. The van der Waals surface area contributed by atoms with Crippen LogP contribution in [0.1, 0.15) is 11.1 Å². The van der Waals surface area contributed by atoms with Gasteiger partial charge in [0.15, 0.2) is 0 Å². The number of carboxylic acid groups (broad SMARTS) is 1. The molecule has 6 N–H and O–H groups in total. The van der Waals surface area contributed by atoms with Crippen LogP contribution in [0, 0.1) is 6.92 Å². The van der Waals surface area contributed by atoms with Crippen molar-refractivity contribution in [2.24, 2.45) is 0 Å². The average molecular weight is 502 g/mol. The molecule has 0 aliphatic rings. The van der Waals surface area contributed by atoms with Gasteiger partial charge in [0.2, 0.25) is 5.91 Å². The lowest BCUT2D eigenvalue weighted by molar-refractivity contribution is -0.137. The molecule has 0 aliphatic heterocycles. The molecule has 2 aromatic carbocycles. The van der Waals surface area contributed by atoms with Crippen molar-refractivity contribution in [1.82, 2.24) is 10.3 Å². The van der Waals surface area contributed by atoms with E-state index in [-0.39, 0.29) is 6.03 Å². The summed E-state index contributed by atoms with van der Waals surface area (Å²) in [7, 11) is 0. The molecule has 0 bridgehead atoms. The van der Waals surface area contributed by atoms with Gasteiger partial charge in [-0.2, -0.15) is 0 Å². The van der Waals surface area contributed by atoms with Crippen LogP contribution < -0.4 is 21.7 Å². The van der Waals surface area contributed by atoms with E-state index in [1.807, 2.05) is 48.7 Å². The Bertz CT molecular complexity index is 1480. The first-order chi connectivity index (χ1) is 17.3. The Kier molecular flexibility index (Phi) is 7.26. The van der Waals surface area contributed by atoms with Crippen LogP contribution in [-0.2, 0) is 9.59 Å². The quantitative estimate of drug-likeness (QED) is 0.232. The van der Waals surface area contributed by atoms with Crippen LogP contribution in [0.3, 0.4) is 0 Å². The molecule has 10 heteroatoms. The first kappa shape index (κ1) is 24.4. The van der Waals surface area contributed by atoms with Gasteiger partial charge in [-0.1, -0.05) is 24.3 Å². The predicted molar refractivity (Wildman–Crippen MR) is 143 cm³/mol. The number of aliphatic carboxylic acids is 1. The summed E-state index contributed by atoms with van der Waals surface area (Å²) in [6.07, 6.45) is 4.40. The normalized spacial score (nSPS) is 10.9. The lowest BCUT2D eigenvalue weighted by atomic mass is 10.0. The number of pyridine rings is 1. The number of carbonyl (C=O) groups excluding carboxylic acids is 2. The van der Waals surface area contributed by atoms with E-state index in [1.165, 1.54) is 17.4 Å². The van der Waals surface area contributed by atoms with Gasteiger partial charge in [0.25, 0.3) is 0 Å². The number of urea groups is 1. The van der Waals surface area contributed by atoms with Crippen LogP contribution >= 0.6 is 11.3 Å². The molecule has 9 nitrogen and oxygen atoms in total. The van der Waals surface area contributed by atoms with Crippen LogP contribution in [0.25, 0.3) is 27.3 Å². The molecule has 0 spiro atoms. The molecule has 0 saturated carbocycles. The van der Waals surface area contributed by atoms with Gasteiger partial charge in [0.05, 0.1) is 0 Å². The number of nitrogens with one attached hydrogen (secondary N) is 3. The number of carbonyl (C=O) groups is 3. The molecular formula is C26H23N5O4S. The SMILES string of the molecule is Cc1cccc(NC(=O)Nc2ccc(-c3csc4c(C=CC(=O)NCC(=O)O)cnc(N)c34)cc2)c1. The maximum absolute atomic E-state index is 12.3. The predicted octanol–water partition coefficient (Wildman–Crippen LogP) is 4.71. The second-order valence-corrected chi connectivity index (χ2v) is 8.80. The van der Waals surface area contributed by atoms with Gasteiger partial charge in [0.1, 0.15) is 12.4 Å². The van der Waals surface area contributed by atoms with Gasteiger partial charge in [-0.05, 0) is 53.8 Å². The third-order valence-electron chi connectivity index (χ3n) is 5.21. The molecule has 182 valence electrons. The van der Waals surface area contributed by atoms with E-state index in [0.29, 0.717) is 22.8 Å². The van der Waals surface area contributed by atoms with E-state index >= 15 is 0 Å². The standard InChI is InChI=1S/C26H23N5O4S/c1-15-3-2-4-19(11-15)31-26(35)30-18-8-5-16(6-9-18)20-14-36-24-17(12-29-25(27)23(20)24)7-10-21(32)28-13-22(33)34/h2-12,14H,13H2,1H3,(H2,27,29)(H,28,32)(H,33,34)(H2,30,31,35). The third-order valence-corrected chi connectivity index (χ3v) is 6.24. The van der Waals surface area contributed by atoms with Crippen molar-refractivity contribution in [1.29, 1.82) is 0 Å². The number of rotatable bonds is 7. The van der Waals surface area contributed by atoms with Gasteiger partial charge < -0.3 is 26.8 Å². The van der Waals surface area contributed by atoms with E-state index in [4.69, 9.17) is 10.8 Å².